The molecule has 0 radical (unpaired) electrons. The van der Waals surface area contributed by atoms with Gasteiger partial charge in [-0.2, -0.15) is 0 Å². The molecule has 5 heterocycles. The van der Waals surface area contributed by atoms with Crippen molar-refractivity contribution >= 4 is 137 Å². The number of fused-ring (bicyclic) bond motifs is 5. The number of H-pyrrole nitrogens is 4. The number of nitro groups is 1. The third-order valence-corrected chi connectivity index (χ3v) is 21.4. The van der Waals surface area contributed by atoms with Crippen molar-refractivity contribution in [2.24, 2.45) is 17.2 Å². The fraction of sp³-hybridized carbons (Fsp3) is 0.302. The number of nitro benzene ring substituents is 1. The lowest BCUT2D eigenvalue weighted by Gasteiger charge is -2.28. The number of amides is 11. The number of carbonyl (C=O) groups is 11. The van der Waals surface area contributed by atoms with E-state index in [-0.39, 0.29) is 95.9 Å². The molecule has 0 spiro atoms. The summed E-state index contributed by atoms with van der Waals surface area (Å²) < 4.78 is 2.09. The zero-order valence-electron chi connectivity index (χ0n) is 71.6. The molecule has 700 valence electrons. The smallest absolute Gasteiger partial charge is 0.328 e. The average molecular weight is 1840 g/mol. The fourth-order valence-corrected chi connectivity index (χ4v) is 14.7. The number of nitrogens with two attached hydrogens (primary N) is 3. The Hall–Kier alpha value is -17.4. The van der Waals surface area contributed by atoms with Gasteiger partial charge in [-0.05, 0) is 99.0 Å². The van der Waals surface area contributed by atoms with Gasteiger partial charge in [-0.3, -0.25) is 116 Å². The number of nitrogens with one attached hydrogen (secondary N) is 18. The van der Waals surface area contributed by atoms with E-state index in [0.717, 1.165) is 41.1 Å². The van der Waals surface area contributed by atoms with Gasteiger partial charge in [0.25, 0.3) is 33.8 Å². The van der Waals surface area contributed by atoms with E-state index in [1.807, 2.05) is 4.98 Å². The van der Waals surface area contributed by atoms with Crippen LogP contribution in [0.1, 0.15) is 74.2 Å². The molecular formula is C86H95N27O21. The van der Waals surface area contributed by atoms with Crippen LogP contribution in [0.4, 0.5) is 5.69 Å². The monoisotopic (exact) mass is 1840 g/mol. The molecule has 11 aromatic rings. The van der Waals surface area contributed by atoms with Gasteiger partial charge in [0.1, 0.15) is 48.3 Å². The van der Waals surface area contributed by atoms with Crippen molar-refractivity contribution in [2.45, 2.75) is 139 Å². The van der Waals surface area contributed by atoms with Crippen LogP contribution in [0.2, 0.25) is 0 Å². The number of aromatic amines is 4. The molecule has 11 rings (SSSR count). The van der Waals surface area contributed by atoms with Crippen molar-refractivity contribution in [1.29, 1.82) is 10.8 Å². The number of benzene rings is 6. The van der Waals surface area contributed by atoms with Gasteiger partial charge in [0.15, 0.2) is 11.9 Å². The minimum atomic E-state index is -2.42. The number of non-ortho nitro benzene ring substituents is 1. The van der Waals surface area contributed by atoms with Crippen LogP contribution in [-0.4, -0.2) is 200 Å². The number of guanidine groups is 2. The highest BCUT2D eigenvalue weighted by Gasteiger charge is 2.38. The Balaban J connectivity index is 0.892. The second-order valence-corrected chi connectivity index (χ2v) is 31.0. The first-order valence-corrected chi connectivity index (χ1v) is 42.0. The van der Waals surface area contributed by atoms with E-state index >= 15 is 19.2 Å². The summed E-state index contributed by atoms with van der Waals surface area (Å²) in [4.78, 5) is 297. The highest BCUT2D eigenvalue weighted by Crippen LogP contribution is 2.26. The first-order chi connectivity index (χ1) is 64.1. The number of carbonyl (C=O) groups excluding carboxylic acids is 11. The van der Waals surface area contributed by atoms with Crippen LogP contribution in [-0.2, 0) is 80.5 Å². The summed E-state index contributed by atoms with van der Waals surface area (Å²) in [5, 5.41) is 58.0. The van der Waals surface area contributed by atoms with Gasteiger partial charge in [0, 0.05) is 81.1 Å². The van der Waals surface area contributed by atoms with E-state index in [1.165, 1.54) is 79.7 Å². The minimum Gasteiger partial charge on any atom is -0.370 e. The lowest BCUT2D eigenvalue weighted by molar-refractivity contribution is -0.384. The third kappa shape index (κ3) is 25.5. The molecule has 0 aliphatic heterocycles. The second-order valence-electron chi connectivity index (χ2n) is 31.0. The average Bonchev–Trinajstić information content (AvgIpc) is 0.766. The zero-order chi connectivity index (χ0) is 96.6. The van der Waals surface area contributed by atoms with Gasteiger partial charge in [-0.15, -0.1) is 0 Å². The zero-order valence-corrected chi connectivity index (χ0v) is 71.6. The predicted molar refractivity (Wildman–Crippen MR) is 486 cm³/mol. The molecule has 0 saturated heterocycles. The molecule has 6 aromatic carbocycles. The molecule has 48 nitrogen and oxygen atoms in total. The number of pyridine rings is 1. The molecule has 8 atom stereocenters. The number of hydrogen-bond donors (Lipinski definition) is 21. The Morgan fingerprint density at radius 1 is 0.403 bits per heavy atom. The highest BCUT2D eigenvalue weighted by atomic mass is 16.6. The molecule has 134 heavy (non-hydrogen) atoms. The Bertz CT molecular complexity index is 6860. The summed E-state index contributed by atoms with van der Waals surface area (Å²) in [5.41, 5.74) is 8.86. The molecule has 48 heteroatoms. The van der Waals surface area contributed by atoms with Gasteiger partial charge in [0.2, 0.25) is 59.1 Å². The van der Waals surface area contributed by atoms with Gasteiger partial charge in [0.05, 0.1) is 80.4 Å². The van der Waals surface area contributed by atoms with Crippen molar-refractivity contribution in [3.8, 4) is 0 Å². The van der Waals surface area contributed by atoms with E-state index in [4.69, 9.17) is 28.0 Å². The van der Waals surface area contributed by atoms with Gasteiger partial charge >= 0.3 is 22.8 Å². The maximum Gasteiger partial charge on any atom is 0.328 e. The van der Waals surface area contributed by atoms with E-state index in [9.17, 15) is 82.0 Å². The molecule has 11 amide bonds. The van der Waals surface area contributed by atoms with E-state index in [0.29, 0.717) is 53.9 Å². The Morgan fingerprint density at radius 2 is 0.791 bits per heavy atom. The minimum absolute atomic E-state index is 0.00378. The van der Waals surface area contributed by atoms with Crippen LogP contribution < -0.4 is 126 Å². The summed E-state index contributed by atoms with van der Waals surface area (Å²) in [6, 6.07) is 20.4. The predicted octanol–water partition coefficient (Wildman–Crippen LogP) is -4.48. The van der Waals surface area contributed by atoms with Crippen molar-refractivity contribution in [3.05, 3.63) is 262 Å². The highest BCUT2D eigenvalue weighted by molar-refractivity contribution is 6.16. The van der Waals surface area contributed by atoms with Crippen LogP contribution in [0, 0.1) is 20.9 Å². The number of aromatic nitrogens is 9. The summed E-state index contributed by atoms with van der Waals surface area (Å²) in [5.74, 6) is -13.2. The number of unbranched alkanes of at least 4 members (excludes halogenated alkanes) is 1. The molecule has 24 N–H and O–H groups in total. The number of nitrogens with zero attached hydrogens (tertiary/aromatic N) is 6. The number of hydrogen-bond acceptors (Lipinski definition) is 24. The standard InChI is InChI=1S/C86H95N27O21/c1-45(114)96-59(26-12-13-35-92-77(125)68-48-16-2-7-21-53(48)97-54-22-8-3-17-49(54)68)70(118)93-38-33-66(115)98-60(28-15-37-95-82(90)91)71(119)101-62(41-109-39-34-67(116)108-83(109)129)73(121)100-61(40-46-29-31-47(32-30-46)113(133)134)72(120)102-64(43-111-79(127)51-19-5-10-24-56(51)106-85(111)131)75(123)104-65(44-112-80(128)52-20-6-11-25-57(52)107-86(112)132)76(124)103-63(74(122)99-58(69(87)117)27-14-36-94-81(88)89)42-110-78(126)50-18-4-9-23-55(50)105-84(110)130/h2-11,16-25,29-32,34,39,58-65H,12-15,26-28,33,35-38,40-44H2,1H3,(H2,87,117)(H,92,125)(H,93,118)(H,96,114)(H,98,115)(H,99,122)(H,100,121)(H,101,119)(H,102,120)(H,103,124)(H,104,123)(H,105,130)(H,106,131)(H,107,132)(H4,88,89,94)(H4,90,91,95)(H,108,116,129)/t58-,59-,60-,61-,62+,63+,64+,65+/m0/s1. The lowest BCUT2D eigenvalue weighted by Crippen LogP contribution is -2.63. The Kier molecular flexibility index (Phi) is 32.7. The van der Waals surface area contributed by atoms with Gasteiger partial charge in [-0.1, -0.05) is 84.9 Å². The lowest BCUT2D eigenvalue weighted by atomic mass is 10.0. The van der Waals surface area contributed by atoms with Crippen LogP contribution in [0.15, 0.2) is 196 Å². The number of para-hydroxylation sites is 5. The Labute approximate surface area is 754 Å². The van der Waals surface area contributed by atoms with Crippen LogP contribution in [0.5, 0.6) is 0 Å². The van der Waals surface area contributed by atoms with E-state index in [1.54, 1.807) is 48.5 Å². The van der Waals surface area contributed by atoms with Crippen LogP contribution in [0.3, 0.4) is 0 Å². The van der Waals surface area contributed by atoms with E-state index in [2.05, 4.69) is 83.7 Å². The van der Waals surface area contributed by atoms with Crippen molar-refractivity contribution in [3.63, 3.8) is 0 Å². The summed E-state index contributed by atoms with van der Waals surface area (Å²) >= 11 is 0. The maximum absolute atomic E-state index is 15.8. The molecule has 0 fully saturated rings. The largest absolute Gasteiger partial charge is 0.370 e. The fourth-order valence-electron chi connectivity index (χ4n) is 14.7. The quantitative estimate of drug-likeness (QED) is 0.00427. The van der Waals surface area contributed by atoms with Crippen LogP contribution >= 0.6 is 0 Å². The SMILES string of the molecule is CC(=O)N[C@@H](CCCCNC(=O)c1c2ccccc2nc2ccccc12)C(=O)NCCC(=O)N[C@@H](CCCNC(=N)N)C(=O)N[C@H](Cn1ccc(=O)[nH]c1=O)C(=O)N[C@@H](Cc1ccc([N+](=O)[O-])cc1)C(=O)N[C@H](Cn1c(=O)[nH]c2ccccc2c1=O)C(=O)N[C@H](Cn1c(=O)[nH]c2ccccc2c1=O)C(=O)N[C@H](Cn1c(=O)[nH]c2ccccc2c1=O)C(=O)N[C@@H](CCCNC(=N)N)C(N)=O. The molecule has 0 saturated carbocycles. The first-order valence-electron chi connectivity index (χ1n) is 42.0. The van der Waals surface area contributed by atoms with Crippen molar-refractivity contribution in [2.75, 3.05) is 26.2 Å². The van der Waals surface area contributed by atoms with Gasteiger partial charge in [-0.25, -0.2) is 24.2 Å². The van der Waals surface area contributed by atoms with Gasteiger partial charge < -0.3 is 96.0 Å². The first kappa shape index (κ1) is 97.2. The van der Waals surface area contributed by atoms with Crippen LogP contribution in [0.25, 0.3) is 54.5 Å². The maximum atomic E-state index is 15.8. The topological polar surface area (TPSA) is 733 Å². The van der Waals surface area contributed by atoms with Crippen molar-refractivity contribution in [1.82, 2.24) is 107 Å². The molecule has 0 bridgehead atoms. The van der Waals surface area contributed by atoms with Crippen molar-refractivity contribution < 1.29 is 57.7 Å². The molecule has 0 aliphatic rings. The molecule has 5 aromatic heterocycles. The normalized spacial score (nSPS) is 13.0. The summed E-state index contributed by atoms with van der Waals surface area (Å²) in [7, 11) is 0. The summed E-state index contributed by atoms with van der Waals surface area (Å²) in [6.07, 6.45) is -0.290. The number of primary amides is 1. The number of rotatable bonds is 44. The Morgan fingerprint density at radius 3 is 1.23 bits per heavy atom. The van der Waals surface area contributed by atoms with E-state index < -0.39 is 220 Å². The summed E-state index contributed by atoms with van der Waals surface area (Å²) in [6.45, 7) is -3.70. The second kappa shape index (κ2) is 45.0. The third-order valence-electron chi connectivity index (χ3n) is 21.4. The molecule has 0 unspecified atom stereocenters. The molecular weight excluding hydrogens is 1750 g/mol. The molecule has 0 aliphatic carbocycles.